The van der Waals surface area contributed by atoms with Gasteiger partial charge in [-0.1, -0.05) is 6.07 Å². The van der Waals surface area contributed by atoms with Crippen LogP contribution in [0.15, 0.2) is 12.1 Å². The highest BCUT2D eigenvalue weighted by atomic mass is 19.3. The Kier molecular flexibility index (Phi) is 4.01. The predicted octanol–water partition coefficient (Wildman–Crippen LogP) is 2.11. The lowest BCUT2D eigenvalue weighted by Crippen LogP contribution is -2.15. The Hall–Kier alpha value is -1.69. The van der Waals surface area contributed by atoms with E-state index in [1.165, 1.54) is 13.0 Å². The van der Waals surface area contributed by atoms with Crippen LogP contribution in [-0.4, -0.2) is 16.2 Å². The van der Waals surface area contributed by atoms with Crippen LogP contribution < -0.4 is 5.73 Å². The van der Waals surface area contributed by atoms with Crippen LogP contribution in [0.3, 0.4) is 0 Å². The van der Waals surface area contributed by atoms with E-state index in [9.17, 15) is 18.7 Å². The number of hydrogen-bond acceptors (Lipinski definition) is 3. The minimum Gasteiger partial charge on any atom is -0.507 e. The number of phenolic OH excluding ortho intramolecular Hbond substituents is 1. The van der Waals surface area contributed by atoms with Gasteiger partial charge in [0.2, 0.25) is 0 Å². The molecule has 0 aliphatic heterocycles. The molecule has 4 nitrogen and oxygen atoms in total. The van der Waals surface area contributed by atoms with Crippen molar-refractivity contribution in [2.75, 3.05) is 0 Å². The van der Waals surface area contributed by atoms with Gasteiger partial charge in [-0.3, -0.25) is 4.79 Å². The van der Waals surface area contributed by atoms with E-state index < -0.39 is 29.7 Å². The molecule has 0 heterocycles. The second kappa shape index (κ2) is 5.09. The van der Waals surface area contributed by atoms with Crippen LogP contribution in [0.2, 0.25) is 0 Å². The summed E-state index contributed by atoms with van der Waals surface area (Å²) in [6.45, 7) is 1.46. The van der Waals surface area contributed by atoms with E-state index in [0.29, 0.717) is 0 Å². The number of rotatable bonds is 4. The summed E-state index contributed by atoms with van der Waals surface area (Å²) in [6.07, 6.45) is -3.18. The van der Waals surface area contributed by atoms with E-state index in [4.69, 9.17) is 10.8 Å². The van der Waals surface area contributed by atoms with E-state index in [0.717, 1.165) is 6.07 Å². The van der Waals surface area contributed by atoms with Gasteiger partial charge in [-0.05, 0) is 24.1 Å². The van der Waals surface area contributed by atoms with Gasteiger partial charge >= 0.3 is 5.97 Å². The maximum absolute atomic E-state index is 12.6. The number of carbonyl (C=O) groups is 1. The Balaban J connectivity index is 3.14. The summed E-state index contributed by atoms with van der Waals surface area (Å²) in [6, 6.07) is 1.58. The van der Waals surface area contributed by atoms with Crippen molar-refractivity contribution < 1.29 is 23.8 Å². The first-order chi connectivity index (χ1) is 7.82. The number of alkyl halides is 2. The van der Waals surface area contributed by atoms with Crippen LogP contribution in [0.1, 0.15) is 35.6 Å². The zero-order chi connectivity index (χ0) is 13.2. The third-order valence-electron chi connectivity index (χ3n) is 2.41. The van der Waals surface area contributed by atoms with Gasteiger partial charge in [-0.25, -0.2) is 8.78 Å². The molecule has 4 N–H and O–H groups in total. The molecule has 0 saturated carbocycles. The van der Waals surface area contributed by atoms with E-state index >= 15 is 0 Å². The summed E-state index contributed by atoms with van der Waals surface area (Å²) < 4.78 is 25.2. The SMILES string of the molecule is Cc1cc(C(N)CC(=O)O)cc(C(F)F)c1O. The van der Waals surface area contributed by atoms with Gasteiger partial charge in [0.1, 0.15) is 5.75 Å². The normalized spacial score (nSPS) is 12.8. The summed E-state index contributed by atoms with van der Waals surface area (Å²) in [5.74, 6) is -1.59. The molecule has 0 amide bonds. The number of aliphatic carboxylic acids is 1. The molecule has 0 fully saturated rings. The molecule has 0 aliphatic rings. The highest BCUT2D eigenvalue weighted by molar-refractivity contribution is 5.68. The van der Waals surface area contributed by atoms with Crippen molar-refractivity contribution in [1.82, 2.24) is 0 Å². The van der Waals surface area contributed by atoms with E-state index in [-0.39, 0.29) is 17.5 Å². The standard InChI is InChI=1S/C11H13F2NO3/c1-5-2-6(8(14)4-9(15)16)3-7(10(5)17)11(12)13/h2-3,8,11,17H,4,14H2,1H3,(H,15,16). The van der Waals surface area contributed by atoms with Crippen molar-refractivity contribution in [1.29, 1.82) is 0 Å². The van der Waals surface area contributed by atoms with E-state index in [2.05, 4.69) is 0 Å². The first kappa shape index (κ1) is 13.4. The van der Waals surface area contributed by atoms with E-state index in [1.54, 1.807) is 0 Å². The maximum atomic E-state index is 12.6. The topological polar surface area (TPSA) is 83.6 Å². The van der Waals surface area contributed by atoms with Crippen molar-refractivity contribution in [2.45, 2.75) is 25.8 Å². The molecule has 1 unspecified atom stereocenters. The van der Waals surface area contributed by atoms with Crippen LogP contribution >= 0.6 is 0 Å². The minimum absolute atomic E-state index is 0.249. The lowest BCUT2D eigenvalue weighted by Gasteiger charge is -2.14. The van der Waals surface area contributed by atoms with Gasteiger partial charge in [-0.15, -0.1) is 0 Å². The van der Waals surface area contributed by atoms with Crippen molar-refractivity contribution >= 4 is 5.97 Å². The quantitative estimate of drug-likeness (QED) is 0.758. The molecule has 0 bridgehead atoms. The second-order valence-corrected chi connectivity index (χ2v) is 3.78. The van der Waals surface area contributed by atoms with Crippen LogP contribution in [0.25, 0.3) is 0 Å². The molecule has 17 heavy (non-hydrogen) atoms. The Morgan fingerprint density at radius 2 is 2.06 bits per heavy atom. The third kappa shape index (κ3) is 3.13. The van der Waals surface area contributed by atoms with Gasteiger partial charge in [0.15, 0.2) is 0 Å². The van der Waals surface area contributed by atoms with Gasteiger partial charge in [0, 0.05) is 6.04 Å². The Morgan fingerprint density at radius 3 is 2.53 bits per heavy atom. The first-order valence-electron chi connectivity index (χ1n) is 4.91. The third-order valence-corrected chi connectivity index (χ3v) is 2.41. The summed E-state index contributed by atoms with van der Waals surface area (Å²) in [4.78, 5) is 10.5. The molecular formula is C11H13F2NO3. The monoisotopic (exact) mass is 245 g/mol. The van der Waals surface area contributed by atoms with Crippen molar-refractivity contribution in [3.8, 4) is 5.75 Å². The molecular weight excluding hydrogens is 232 g/mol. The Morgan fingerprint density at radius 1 is 1.47 bits per heavy atom. The number of hydrogen-bond donors (Lipinski definition) is 3. The predicted molar refractivity (Wildman–Crippen MR) is 57.0 cm³/mol. The molecule has 94 valence electrons. The average Bonchev–Trinajstić information content (AvgIpc) is 2.20. The molecule has 1 atom stereocenters. The molecule has 1 aromatic carbocycles. The van der Waals surface area contributed by atoms with Crippen molar-refractivity contribution in [2.24, 2.45) is 5.73 Å². The Labute approximate surface area is 96.7 Å². The maximum Gasteiger partial charge on any atom is 0.305 e. The number of nitrogens with two attached hydrogens (primary N) is 1. The van der Waals surface area contributed by atoms with Gasteiger partial charge in [0.25, 0.3) is 6.43 Å². The molecule has 0 radical (unpaired) electrons. The second-order valence-electron chi connectivity index (χ2n) is 3.78. The number of carboxylic acid groups (broad SMARTS) is 1. The van der Waals surface area contributed by atoms with Crippen molar-refractivity contribution in [3.63, 3.8) is 0 Å². The number of carboxylic acids is 1. The zero-order valence-electron chi connectivity index (χ0n) is 9.15. The fourth-order valence-corrected chi connectivity index (χ4v) is 1.52. The van der Waals surface area contributed by atoms with E-state index in [1.807, 2.05) is 0 Å². The minimum atomic E-state index is -2.83. The summed E-state index contributed by atoms with van der Waals surface area (Å²) in [5.41, 5.74) is 5.57. The fourth-order valence-electron chi connectivity index (χ4n) is 1.52. The van der Waals surface area contributed by atoms with Crippen LogP contribution in [-0.2, 0) is 4.79 Å². The molecule has 0 saturated heterocycles. The lowest BCUT2D eigenvalue weighted by molar-refractivity contribution is -0.137. The molecule has 1 aromatic rings. The van der Waals surface area contributed by atoms with Crippen LogP contribution in [0, 0.1) is 6.92 Å². The average molecular weight is 245 g/mol. The van der Waals surface area contributed by atoms with Crippen LogP contribution in [0.4, 0.5) is 8.78 Å². The molecule has 6 heteroatoms. The fraction of sp³-hybridized carbons (Fsp3) is 0.364. The molecule has 0 spiro atoms. The van der Waals surface area contributed by atoms with Crippen LogP contribution in [0.5, 0.6) is 5.75 Å². The van der Waals surface area contributed by atoms with Crippen molar-refractivity contribution in [3.05, 3.63) is 28.8 Å². The number of phenols is 1. The largest absolute Gasteiger partial charge is 0.507 e. The highest BCUT2D eigenvalue weighted by Gasteiger charge is 2.19. The zero-order valence-corrected chi connectivity index (χ0v) is 9.15. The molecule has 0 aromatic heterocycles. The highest BCUT2D eigenvalue weighted by Crippen LogP contribution is 2.33. The summed E-state index contributed by atoms with van der Waals surface area (Å²) in [7, 11) is 0. The number of halogens is 2. The lowest BCUT2D eigenvalue weighted by atomic mass is 9.98. The Bertz CT molecular complexity index is 435. The van der Waals surface area contributed by atoms with Gasteiger partial charge in [-0.2, -0.15) is 0 Å². The van der Waals surface area contributed by atoms with Gasteiger partial charge in [0.05, 0.1) is 12.0 Å². The number of aryl methyl sites for hydroxylation is 1. The number of aromatic hydroxyl groups is 1. The first-order valence-corrected chi connectivity index (χ1v) is 4.91. The number of benzene rings is 1. The molecule has 0 aliphatic carbocycles. The molecule has 1 rings (SSSR count). The summed E-state index contributed by atoms with van der Waals surface area (Å²) in [5, 5.41) is 18.0. The smallest absolute Gasteiger partial charge is 0.305 e. The summed E-state index contributed by atoms with van der Waals surface area (Å²) >= 11 is 0. The van der Waals surface area contributed by atoms with Gasteiger partial charge < -0.3 is 15.9 Å².